The number of hydrogen-bond donors (Lipinski definition) is 1. The number of hydrogen-bond acceptors (Lipinski definition) is 3. The fourth-order valence-corrected chi connectivity index (χ4v) is 2.27. The fraction of sp³-hybridized carbons (Fsp3) is 0.667. The molecule has 1 aliphatic heterocycles. The van der Waals surface area contributed by atoms with Crippen LogP contribution in [0.15, 0.2) is 18.3 Å². The molecule has 0 saturated carbocycles. The van der Waals surface area contributed by atoms with Crippen LogP contribution in [0.4, 0.5) is 5.82 Å². The van der Waals surface area contributed by atoms with Gasteiger partial charge in [-0.3, -0.25) is 0 Å². The summed E-state index contributed by atoms with van der Waals surface area (Å²) in [5.41, 5.74) is 1.26. The van der Waals surface area contributed by atoms with Gasteiger partial charge in [0.1, 0.15) is 5.82 Å². The van der Waals surface area contributed by atoms with E-state index in [0.717, 1.165) is 31.4 Å². The van der Waals surface area contributed by atoms with Crippen LogP contribution >= 0.6 is 0 Å². The second kappa shape index (κ2) is 6.19. The lowest BCUT2D eigenvalue weighted by Gasteiger charge is -2.31. The predicted molar refractivity (Wildman–Crippen MR) is 76.8 cm³/mol. The van der Waals surface area contributed by atoms with Crippen LogP contribution in [0.1, 0.15) is 39.2 Å². The van der Waals surface area contributed by atoms with Crippen molar-refractivity contribution in [1.82, 2.24) is 10.3 Å². The number of rotatable bonds is 4. The molecule has 18 heavy (non-hydrogen) atoms. The number of aromatic nitrogens is 1. The zero-order chi connectivity index (χ0) is 13.0. The molecule has 2 rings (SSSR count). The maximum absolute atomic E-state index is 4.59. The average molecular weight is 247 g/mol. The normalized spacial score (nSPS) is 17.4. The van der Waals surface area contributed by atoms with Crippen molar-refractivity contribution in [2.24, 2.45) is 5.92 Å². The molecule has 1 saturated heterocycles. The van der Waals surface area contributed by atoms with E-state index in [-0.39, 0.29) is 0 Å². The summed E-state index contributed by atoms with van der Waals surface area (Å²) in [5, 5.41) is 3.41. The molecule has 3 nitrogen and oxygen atoms in total. The van der Waals surface area contributed by atoms with Gasteiger partial charge in [0.05, 0.1) is 0 Å². The minimum atomic E-state index is 0.522. The first-order valence-corrected chi connectivity index (χ1v) is 7.08. The van der Waals surface area contributed by atoms with Crippen LogP contribution in [0.25, 0.3) is 0 Å². The highest BCUT2D eigenvalue weighted by molar-refractivity contribution is 5.39. The molecule has 0 bridgehead atoms. The summed E-state index contributed by atoms with van der Waals surface area (Å²) in [5.74, 6) is 2.01. The Balaban J connectivity index is 1.91. The Hall–Kier alpha value is -1.09. The quantitative estimate of drug-likeness (QED) is 0.887. The van der Waals surface area contributed by atoms with Gasteiger partial charge < -0.3 is 10.2 Å². The summed E-state index contributed by atoms with van der Waals surface area (Å²) in [6.07, 6.45) is 4.58. The van der Waals surface area contributed by atoms with Crippen LogP contribution in [-0.2, 0) is 6.54 Å². The molecule has 0 spiro atoms. The van der Waals surface area contributed by atoms with Crippen molar-refractivity contribution in [3.8, 4) is 0 Å². The Bertz CT molecular complexity index is 351. The van der Waals surface area contributed by atoms with Crippen molar-refractivity contribution >= 4 is 5.82 Å². The monoisotopic (exact) mass is 247 g/mol. The van der Waals surface area contributed by atoms with E-state index < -0.39 is 0 Å². The Morgan fingerprint density at radius 1 is 1.33 bits per heavy atom. The first kappa shape index (κ1) is 13.3. The number of nitrogens with one attached hydrogen (secondary N) is 1. The minimum Gasteiger partial charge on any atom is -0.357 e. The second-order valence-corrected chi connectivity index (χ2v) is 5.73. The molecule has 2 heterocycles. The van der Waals surface area contributed by atoms with Crippen molar-refractivity contribution in [1.29, 1.82) is 0 Å². The van der Waals surface area contributed by atoms with Crippen LogP contribution in [-0.4, -0.2) is 24.1 Å². The summed E-state index contributed by atoms with van der Waals surface area (Å²) in [4.78, 5) is 6.99. The van der Waals surface area contributed by atoms with Gasteiger partial charge >= 0.3 is 0 Å². The van der Waals surface area contributed by atoms with Crippen molar-refractivity contribution in [2.45, 2.75) is 46.2 Å². The molecule has 100 valence electrons. The molecule has 0 radical (unpaired) electrons. The predicted octanol–water partition coefficient (Wildman–Crippen LogP) is 2.82. The van der Waals surface area contributed by atoms with Gasteiger partial charge in [-0.2, -0.15) is 0 Å². The number of piperidine rings is 1. The molecule has 1 aromatic heterocycles. The SMILES string of the molecule is CC1CCN(c2ccc(CNC(C)C)cn2)CC1. The van der Waals surface area contributed by atoms with Crippen LogP contribution in [0.2, 0.25) is 0 Å². The fourth-order valence-electron chi connectivity index (χ4n) is 2.27. The third-order valence-electron chi connectivity index (χ3n) is 3.63. The molecular formula is C15H25N3. The van der Waals surface area contributed by atoms with Crippen molar-refractivity contribution in [2.75, 3.05) is 18.0 Å². The largest absolute Gasteiger partial charge is 0.357 e. The van der Waals surface area contributed by atoms with E-state index in [1.54, 1.807) is 0 Å². The molecule has 1 aliphatic rings. The maximum atomic E-state index is 4.59. The summed E-state index contributed by atoms with van der Waals surface area (Å²) in [7, 11) is 0. The third kappa shape index (κ3) is 3.70. The van der Waals surface area contributed by atoms with Crippen molar-refractivity contribution in [3.63, 3.8) is 0 Å². The standard InChI is InChI=1S/C15H25N3/c1-12(2)16-10-14-4-5-15(17-11-14)18-8-6-13(3)7-9-18/h4-5,11-13,16H,6-10H2,1-3H3. The molecule has 1 aromatic rings. The van der Waals surface area contributed by atoms with Crippen molar-refractivity contribution < 1.29 is 0 Å². The summed E-state index contributed by atoms with van der Waals surface area (Å²) >= 11 is 0. The lowest BCUT2D eigenvalue weighted by Crippen LogP contribution is -2.33. The smallest absolute Gasteiger partial charge is 0.128 e. The lowest BCUT2D eigenvalue weighted by molar-refractivity contribution is 0.436. The van der Waals surface area contributed by atoms with E-state index in [4.69, 9.17) is 0 Å². The van der Waals surface area contributed by atoms with Crippen LogP contribution < -0.4 is 10.2 Å². The molecule has 1 fully saturated rings. The lowest BCUT2D eigenvalue weighted by atomic mass is 9.99. The van der Waals surface area contributed by atoms with Gasteiger partial charge in [-0.05, 0) is 30.4 Å². The zero-order valence-electron chi connectivity index (χ0n) is 11.8. The molecule has 3 heteroatoms. The summed E-state index contributed by atoms with van der Waals surface area (Å²) in [6.45, 7) is 9.87. The van der Waals surface area contributed by atoms with Gasteiger partial charge in [0.2, 0.25) is 0 Å². The highest BCUT2D eigenvalue weighted by atomic mass is 15.2. The number of anilines is 1. The van der Waals surface area contributed by atoms with Crippen LogP contribution in [0, 0.1) is 5.92 Å². The first-order chi connectivity index (χ1) is 8.65. The first-order valence-electron chi connectivity index (χ1n) is 7.08. The van der Waals surface area contributed by atoms with Gasteiger partial charge in [0.15, 0.2) is 0 Å². The van der Waals surface area contributed by atoms with Gasteiger partial charge in [0, 0.05) is 31.9 Å². The molecule has 0 aromatic carbocycles. The van der Waals surface area contributed by atoms with Gasteiger partial charge in [-0.1, -0.05) is 26.8 Å². The Kier molecular flexibility index (Phi) is 4.59. The second-order valence-electron chi connectivity index (χ2n) is 5.73. The average Bonchev–Trinajstić information content (AvgIpc) is 2.38. The Labute approximate surface area is 111 Å². The molecule has 0 aliphatic carbocycles. The van der Waals surface area contributed by atoms with Gasteiger partial charge in [-0.15, -0.1) is 0 Å². The third-order valence-corrected chi connectivity index (χ3v) is 3.63. The number of nitrogens with zero attached hydrogens (tertiary/aromatic N) is 2. The van der Waals surface area contributed by atoms with Gasteiger partial charge in [0.25, 0.3) is 0 Å². The molecule has 0 amide bonds. The Morgan fingerprint density at radius 2 is 2.06 bits per heavy atom. The summed E-state index contributed by atoms with van der Waals surface area (Å²) in [6, 6.07) is 4.87. The molecule has 0 atom stereocenters. The van der Waals surface area contributed by atoms with E-state index >= 15 is 0 Å². The highest BCUT2D eigenvalue weighted by Crippen LogP contribution is 2.21. The minimum absolute atomic E-state index is 0.522. The van der Waals surface area contributed by atoms with E-state index in [0.29, 0.717) is 6.04 Å². The van der Waals surface area contributed by atoms with E-state index in [9.17, 15) is 0 Å². The van der Waals surface area contributed by atoms with E-state index in [1.807, 2.05) is 6.20 Å². The number of pyridine rings is 1. The Morgan fingerprint density at radius 3 is 2.61 bits per heavy atom. The molecule has 1 N–H and O–H groups in total. The molecular weight excluding hydrogens is 222 g/mol. The van der Waals surface area contributed by atoms with E-state index in [1.165, 1.54) is 18.4 Å². The zero-order valence-corrected chi connectivity index (χ0v) is 11.8. The maximum Gasteiger partial charge on any atom is 0.128 e. The van der Waals surface area contributed by atoms with Crippen LogP contribution in [0.3, 0.4) is 0 Å². The van der Waals surface area contributed by atoms with Crippen molar-refractivity contribution in [3.05, 3.63) is 23.9 Å². The highest BCUT2D eigenvalue weighted by Gasteiger charge is 2.16. The topological polar surface area (TPSA) is 28.2 Å². The summed E-state index contributed by atoms with van der Waals surface area (Å²) < 4.78 is 0. The van der Waals surface area contributed by atoms with Gasteiger partial charge in [-0.25, -0.2) is 4.98 Å². The van der Waals surface area contributed by atoms with E-state index in [2.05, 4.69) is 48.1 Å². The van der Waals surface area contributed by atoms with Crippen LogP contribution in [0.5, 0.6) is 0 Å². The molecule has 0 unspecified atom stereocenters.